The van der Waals surface area contributed by atoms with Crippen LogP contribution in [0.5, 0.6) is 5.88 Å². The van der Waals surface area contributed by atoms with Crippen LogP contribution in [-0.4, -0.2) is 16.6 Å². The number of hydrogen-bond acceptors (Lipinski definition) is 3. The molecule has 1 heterocycles. The molecule has 0 bridgehead atoms. The fourth-order valence-electron chi connectivity index (χ4n) is 1.48. The molecule has 3 nitrogen and oxygen atoms in total. The van der Waals surface area contributed by atoms with Gasteiger partial charge in [0, 0.05) is 24.3 Å². The van der Waals surface area contributed by atoms with Gasteiger partial charge in [-0.05, 0) is 39.7 Å². The van der Waals surface area contributed by atoms with Crippen molar-refractivity contribution < 1.29 is 4.74 Å². The molecule has 0 radical (unpaired) electrons. The maximum Gasteiger partial charge on any atom is 0.218 e. The molecular formula is C13H20N2O. The van der Waals surface area contributed by atoms with E-state index in [2.05, 4.69) is 16.4 Å². The van der Waals surface area contributed by atoms with Crippen LogP contribution in [0.4, 0.5) is 0 Å². The van der Waals surface area contributed by atoms with Gasteiger partial charge in [0.25, 0.3) is 0 Å². The van der Waals surface area contributed by atoms with Crippen LogP contribution in [0.3, 0.4) is 0 Å². The zero-order valence-electron chi connectivity index (χ0n) is 10.3. The van der Waals surface area contributed by atoms with Gasteiger partial charge in [-0.25, -0.2) is 4.98 Å². The zero-order valence-corrected chi connectivity index (χ0v) is 10.3. The van der Waals surface area contributed by atoms with Crippen molar-refractivity contribution in [1.82, 2.24) is 10.3 Å². The van der Waals surface area contributed by atoms with Crippen molar-refractivity contribution in [1.29, 1.82) is 0 Å². The quantitative estimate of drug-likeness (QED) is 0.846. The molecule has 0 amide bonds. The van der Waals surface area contributed by atoms with E-state index in [1.807, 2.05) is 26.8 Å². The van der Waals surface area contributed by atoms with Crippen LogP contribution in [-0.2, 0) is 6.54 Å². The first-order valence-corrected chi connectivity index (χ1v) is 5.91. The lowest BCUT2D eigenvalue weighted by Gasteiger charge is -2.22. The summed E-state index contributed by atoms with van der Waals surface area (Å²) in [6, 6.07) is 4.74. The number of nitrogens with one attached hydrogen (secondary N) is 1. The minimum Gasteiger partial charge on any atom is -0.472 e. The van der Waals surface area contributed by atoms with Gasteiger partial charge in [-0.2, -0.15) is 0 Å². The molecule has 2 rings (SSSR count). The van der Waals surface area contributed by atoms with Crippen LogP contribution in [0.1, 0.15) is 39.2 Å². The van der Waals surface area contributed by atoms with Gasteiger partial charge >= 0.3 is 0 Å². The Morgan fingerprint density at radius 3 is 2.81 bits per heavy atom. The molecule has 0 aromatic carbocycles. The first kappa shape index (κ1) is 11.4. The molecule has 1 aliphatic carbocycles. The predicted molar refractivity (Wildman–Crippen MR) is 64.5 cm³/mol. The summed E-state index contributed by atoms with van der Waals surface area (Å²) in [6.07, 6.45) is 4.38. The lowest BCUT2D eigenvalue weighted by atomic mass is 10.2. The van der Waals surface area contributed by atoms with Gasteiger partial charge in [-0.15, -0.1) is 0 Å². The summed E-state index contributed by atoms with van der Waals surface area (Å²) in [5.74, 6) is 0.753. The average molecular weight is 220 g/mol. The molecule has 0 aliphatic heterocycles. The van der Waals surface area contributed by atoms with E-state index in [4.69, 9.17) is 4.74 Å². The Labute approximate surface area is 97.2 Å². The molecule has 0 saturated heterocycles. The number of pyridine rings is 1. The number of hydrogen-bond donors (Lipinski definition) is 1. The van der Waals surface area contributed by atoms with Crippen LogP contribution in [0.25, 0.3) is 0 Å². The second-order valence-corrected chi connectivity index (χ2v) is 5.34. The third-order valence-electron chi connectivity index (χ3n) is 2.41. The van der Waals surface area contributed by atoms with Gasteiger partial charge in [0.1, 0.15) is 5.60 Å². The highest BCUT2D eigenvalue weighted by Crippen LogP contribution is 2.23. The zero-order chi connectivity index (χ0) is 11.6. The van der Waals surface area contributed by atoms with Gasteiger partial charge < -0.3 is 10.1 Å². The molecule has 1 aliphatic rings. The van der Waals surface area contributed by atoms with E-state index in [-0.39, 0.29) is 5.60 Å². The molecule has 88 valence electrons. The van der Waals surface area contributed by atoms with Gasteiger partial charge in [-0.1, -0.05) is 6.07 Å². The number of nitrogens with zero attached hydrogens (tertiary/aromatic N) is 1. The minimum absolute atomic E-state index is 0.192. The molecule has 0 atom stereocenters. The lowest BCUT2D eigenvalue weighted by Crippen LogP contribution is -2.25. The monoisotopic (exact) mass is 220 g/mol. The summed E-state index contributed by atoms with van der Waals surface area (Å²) in [4.78, 5) is 4.30. The Hall–Kier alpha value is -1.09. The van der Waals surface area contributed by atoms with Crippen molar-refractivity contribution in [2.24, 2.45) is 0 Å². The van der Waals surface area contributed by atoms with E-state index >= 15 is 0 Å². The lowest BCUT2D eigenvalue weighted by molar-refractivity contribution is 0.122. The highest BCUT2D eigenvalue weighted by Gasteiger charge is 2.21. The fraction of sp³-hybridized carbons (Fsp3) is 0.615. The first-order chi connectivity index (χ1) is 7.54. The Bertz CT molecular complexity index is 353. The predicted octanol–water partition coefficient (Wildman–Crippen LogP) is 2.51. The van der Waals surface area contributed by atoms with E-state index in [0.29, 0.717) is 6.04 Å². The van der Waals surface area contributed by atoms with E-state index < -0.39 is 0 Å². The van der Waals surface area contributed by atoms with Crippen molar-refractivity contribution in [3.8, 4) is 5.88 Å². The summed E-state index contributed by atoms with van der Waals surface area (Å²) in [5.41, 5.74) is 0.951. The average Bonchev–Trinajstić information content (AvgIpc) is 2.98. The summed E-state index contributed by atoms with van der Waals surface area (Å²) in [7, 11) is 0. The van der Waals surface area contributed by atoms with Crippen LogP contribution in [0.15, 0.2) is 18.3 Å². The molecule has 1 aromatic heterocycles. The van der Waals surface area contributed by atoms with E-state index in [9.17, 15) is 0 Å². The van der Waals surface area contributed by atoms with Crippen LogP contribution in [0.2, 0.25) is 0 Å². The van der Waals surface area contributed by atoms with Crippen molar-refractivity contribution in [3.63, 3.8) is 0 Å². The maximum absolute atomic E-state index is 5.83. The molecule has 0 spiro atoms. The summed E-state index contributed by atoms with van der Waals surface area (Å²) in [5, 5.41) is 3.48. The molecule has 16 heavy (non-hydrogen) atoms. The Morgan fingerprint density at radius 2 is 2.19 bits per heavy atom. The Balaban J connectivity index is 2.03. The SMILES string of the molecule is CC(C)(C)Oc1ncccc1CNC1CC1. The molecule has 3 heteroatoms. The second-order valence-electron chi connectivity index (χ2n) is 5.34. The minimum atomic E-state index is -0.192. The molecular weight excluding hydrogens is 200 g/mol. The van der Waals surface area contributed by atoms with Crippen molar-refractivity contribution in [2.45, 2.75) is 51.8 Å². The van der Waals surface area contributed by atoms with Gasteiger partial charge in [-0.3, -0.25) is 0 Å². The van der Waals surface area contributed by atoms with Crippen molar-refractivity contribution in [3.05, 3.63) is 23.9 Å². The topological polar surface area (TPSA) is 34.1 Å². The largest absolute Gasteiger partial charge is 0.472 e. The maximum atomic E-state index is 5.83. The Morgan fingerprint density at radius 1 is 1.44 bits per heavy atom. The van der Waals surface area contributed by atoms with Crippen LogP contribution in [0, 0.1) is 0 Å². The Kier molecular flexibility index (Phi) is 3.15. The first-order valence-electron chi connectivity index (χ1n) is 5.91. The fourth-order valence-corrected chi connectivity index (χ4v) is 1.48. The van der Waals surface area contributed by atoms with E-state index in [1.165, 1.54) is 12.8 Å². The second kappa shape index (κ2) is 4.42. The van der Waals surface area contributed by atoms with Crippen molar-refractivity contribution >= 4 is 0 Å². The van der Waals surface area contributed by atoms with Crippen LogP contribution < -0.4 is 10.1 Å². The van der Waals surface area contributed by atoms with Gasteiger partial charge in [0.05, 0.1) is 0 Å². The van der Waals surface area contributed by atoms with Crippen molar-refractivity contribution in [2.75, 3.05) is 0 Å². The normalized spacial score (nSPS) is 16.2. The molecule has 1 N–H and O–H groups in total. The van der Waals surface area contributed by atoms with Gasteiger partial charge in [0.15, 0.2) is 0 Å². The molecule has 0 unspecified atom stereocenters. The van der Waals surface area contributed by atoms with Gasteiger partial charge in [0.2, 0.25) is 5.88 Å². The molecule has 1 saturated carbocycles. The number of aromatic nitrogens is 1. The molecule has 1 aromatic rings. The van der Waals surface area contributed by atoms with Crippen LogP contribution >= 0.6 is 0 Å². The highest BCUT2D eigenvalue weighted by molar-refractivity contribution is 5.26. The smallest absolute Gasteiger partial charge is 0.218 e. The third kappa shape index (κ3) is 3.49. The molecule has 1 fully saturated rings. The third-order valence-corrected chi connectivity index (χ3v) is 2.41. The summed E-state index contributed by atoms with van der Waals surface area (Å²) >= 11 is 0. The standard InChI is InChI=1S/C13H20N2O/c1-13(2,3)16-12-10(5-4-8-14-12)9-15-11-6-7-11/h4-5,8,11,15H,6-7,9H2,1-3H3. The highest BCUT2D eigenvalue weighted by atomic mass is 16.5. The van der Waals surface area contributed by atoms with E-state index in [1.54, 1.807) is 6.20 Å². The van der Waals surface area contributed by atoms with E-state index in [0.717, 1.165) is 18.0 Å². The number of ether oxygens (including phenoxy) is 1. The summed E-state index contributed by atoms with van der Waals surface area (Å²) < 4.78 is 5.83. The summed E-state index contributed by atoms with van der Waals surface area (Å²) in [6.45, 7) is 6.98. The number of rotatable bonds is 4.